The molecule has 6 atom stereocenters. The zero-order valence-corrected chi connectivity index (χ0v) is 24.6. The SMILES string of the molecule is CC(=O)C1=C(O)C(C(C)C)[C@@]2(C)[C@H](O)[C@]3(C)C(=C(O)[C@@]2(O)C1=O)C(=O)c1c(ccc(CCCC(C)C)c1O)[C@H]3C. The van der Waals surface area contributed by atoms with E-state index in [1.54, 1.807) is 39.8 Å². The van der Waals surface area contributed by atoms with E-state index in [1.165, 1.54) is 6.92 Å². The Hall–Kier alpha value is -2.97. The van der Waals surface area contributed by atoms with Crippen LogP contribution in [-0.2, 0) is 16.0 Å². The molecule has 0 heterocycles. The number of carbonyl (C=O) groups is 3. The number of rotatable bonds is 6. The second kappa shape index (κ2) is 9.55. The topological polar surface area (TPSA) is 152 Å². The number of aromatic hydroxyl groups is 1. The average molecular weight is 555 g/mol. The van der Waals surface area contributed by atoms with E-state index < -0.39 is 74.7 Å². The lowest BCUT2D eigenvalue weighted by atomic mass is 9.41. The van der Waals surface area contributed by atoms with Crippen LogP contribution in [0.1, 0.15) is 95.6 Å². The van der Waals surface area contributed by atoms with Crippen LogP contribution in [0.2, 0.25) is 0 Å². The Morgan fingerprint density at radius 2 is 1.65 bits per heavy atom. The molecule has 8 heteroatoms. The first-order valence-electron chi connectivity index (χ1n) is 14.1. The van der Waals surface area contributed by atoms with E-state index in [0.29, 0.717) is 23.5 Å². The van der Waals surface area contributed by atoms with Crippen LogP contribution in [0, 0.1) is 28.6 Å². The highest BCUT2D eigenvalue weighted by molar-refractivity contribution is 6.25. The first-order valence-corrected chi connectivity index (χ1v) is 14.1. The van der Waals surface area contributed by atoms with Crippen LogP contribution < -0.4 is 0 Å². The largest absolute Gasteiger partial charge is 0.511 e. The minimum atomic E-state index is -2.87. The van der Waals surface area contributed by atoms with E-state index in [4.69, 9.17) is 0 Å². The van der Waals surface area contributed by atoms with Crippen LogP contribution >= 0.6 is 0 Å². The van der Waals surface area contributed by atoms with Crippen LogP contribution in [0.15, 0.2) is 34.8 Å². The third-order valence-corrected chi connectivity index (χ3v) is 10.1. The lowest BCUT2D eigenvalue weighted by Crippen LogP contribution is -2.73. The summed E-state index contributed by atoms with van der Waals surface area (Å²) in [5.74, 6) is -6.32. The Morgan fingerprint density at radius 1 is 1.05 bits per heavy atom. The van der Waals surface area contributed by atoms with Crippen molar-refractivity contribution < 1.29 is 39.9 Å². The van der Waals surface area contributed by atoms with Crippen molar-refractivity contribution in [2.45, 2.75) is 92.3 Å². The Kier molecular flexibility index (Phi) is 7.16. The molecule has 1 unspecified atom stereocenters. The molecular formula is C32H42O8. The molecule has 0 amide bonds. The average Bonchev–Trinajstić information content (AvgIpc) is 2.85. The van der Waals surface area contributed by atoms with Gasteiger partial charge in [-0.1, -0.05) is 67.0 Å². The molecule has 8 nitrogen and oxygen atoms in total. The summed E-state index contributed by atoms with van der Waals surface area (Å²) in [6.07, 6.45) is 0.640. The minimum absolute atomic E-state index is 0.0261. The molecule has 0 fully saturated rings. The molecule has 0 aliphatic heterocycles. The summed E-state index contributed by atoms with van der Waals surface area (Å²) in [6, 6.07) is 3.53. The lowest BCUT2D eigenvalue weighted by Gasteiger charge is -2.63. The van der Waals surface area contributed by atoms with E-state index in [1.807, 2.05) is 0 Å². The van der Waals surface area contributed by atoms with Crippen molar-refractivity contribution in [2.75, 3.05) is 0 Å². The molecule has 0 saturated heterocycles. The van der Waals surface area contributed by atoms with Gasteiger partial charge >= 0.3 is 0 Å². The molecule has 3 aliphatic rings. The summed E-state index contributed by atoms with van der Waals surface area (Å²) >= 11 is 0. The number of aliphatic hydroxyl groups excluding tert-OH is 3. The molecule has 218 valence electrons. The van der Waals surface area contributed by atoms with Crippen LogP contribution in [0.4, 0.5) is 0 Å². The maximum atomic E-state index is 14.2. The first-order chi connectivity index (χ1) is 18.4. The third kappa shape index (κ3) is 3.54. The summed E-state index contributed by atoms with van der Waals surface area (Å²) in [6.45, 7) is 13.5. The molecule has 0 spiro atoms. The third-order valence-electron chi connectivity index (χ3n) is 10.1. The Bertz CT molecular complexity index is 1370. The standard InChI is InChI=1S/C32H42O8/c1-14(2)10-9-11-18-12-13-19-16(5)30(7)23(26(36)21(19)24(18)34)28(38)32(40)27(37)20(17(6)33)25(35)22(15(3)4)31(32,8)29(30)39/h12-16,22,29,34-35,38-40H,9-11H2,1-8H3/t16-,22?,29-,30+,31+,32+/m1/s1. The second-order valence-electron chi connectivity index (χ2n) is 13.1. The molecule has 1 aromatic rings. The van der Waals surface area contributed by atoms with Crippen molar-refractivity contribution in [1.82, 2.24) is 0 Å². The van der Waals surface area contributed by atoms with E-state index in [0.717, 1.165) is 19.8 Å². The quantitative estimate of drug-likeness (QED) is 0.313. The highest BCUT2D eigenvalue weighted by atomic mass is 16.4. The van der Waals surface area contributed by atoms with Crippen LogP contribution in [0.3, 0.4) is 0 Å². The van der Waals surface area contributed by atoms with Gasteiger partial charge in [-0.05, 0) is 48.6 Å². The molecular weight excluding hydrogens is 512 g/mol. The molecule has 0 bridgehead atoms. The molecule has 40 heavy (non-hydrogen) atoms. The van der Waals surface area contributed by atoms with Gasteiger partial charge in [-0.15, -0.1) is 0 Å². The number of phenols is 1. The summed E-state index contributed by atoms with van der Waals surface area (Å²) < 4.78 is 0. The maximum absolute atomic E-state index is 14.2. The van der Waals surface area contributed by atoms with Crippen LogP contribution in [0.5, 0.6) is 5.75 Å². The number of allylic oxidation sites excluding steroid dienone is 1. The number of hydrogen-bond acceptors (Lipinski definition) is 8. The lowest BCUT2D eigenvalue weighted by molar-refractivity contribution is -0.211. The predicted octanol–water partition coefficient (Wildman–Crippen LogP) is 4.86. The van der Waals surface area contributed by atoms with Crippen molar-refractivity contribution in [1.29, 1.82) is 0 Å². The minimum Gasteiger partial charge on any atom is -0.511 e. The van der Waals surface area contributed by atoms with Gasteiger partial charge < -0.3 is 25.5 Å². The van der Waals surface area contributed by atoms with Crippen molar-refractivity contribution in [2.24, 2.45) is 28.6 Å². The molecule has 0 aromatic heterocycles. The fourth-order valence-electron chi connectivity index (χ4n) is 7.89. The van der Waals surface area contributed by atoms with E-state index in [9.17, 15) is 39.9 Å². The van der Waals surface area contributed by atoms with E-state index in [-0.39, 0.29) is 16.9 Å². The van der Waals surface area contributed by atoms with E-state index in [2.05, 4.69) is 13.8 Å². The molecule has 0 saturated carbocycles. The van der Waals surface area contributed by atoms with Crippen molar-refractivity contribution in [3.63, 3.8) is 0 Å². The molecule has 5 N–H and O–H groups in total. The molecule has 0 radical (unpaired) electrons. The number of aliphatic hydroxyl groups is 4. The Balaban J connectivity index is 2.03. The summed E-state index contributed by atoms with van der Waals surface area (Å²) in [5.41, 5.74) is -6.29. The number of phenolic OH excluding ortho intramolecular Hbond substituents is 1. The smallest absolute Gasteiger partial charge is 0.209 e. The highest BCUT2D eigenvalue weighted by Crippen LogP contribution is 2.67. The number of fused-ring (bicyclic) bond motifs is 3. The summed E-state index contributed by atoms with van der Waals surface area (Å²) in [7, 11) is 0. The maximum Gasteiger partial charge on any atom is 0.209 e. The van der Waals surface area contributed by atoms with E-state index >= 15 is 0 Å². The summed E-state index contributed by atoms with van der Waals surface area (Å²) in [5, 5.41) is 58.7. The Labute approximate surface area is 235 Å². The molecule has 4 rings (SSSR count). The predicted molar refractivity (Wildman–Crippen MR) is 149 cm³/mol. The zero-order valence-electron chi connectivity index (χ0n) is 24.6. The fourth-order valence-corrected chi connectivity index (χ4v) is 7.89. The number of aryl methyl sites for hydroxylation is 1. The van der Waals surface area contributed by atoms with Gasteiger partial charge in [0.15, 0.2) is 17.2 Å². The van der Waals surface area contributed by atoms with Gasteiger partial charge in [0.1, 0.15) is 22.8 Å². The van der Waals surface area contributed by atoms with Gasteiger partial charge in [-0.3, -0.25) is 14.4 Å². The number of carbonyl (C=O) groups excluding carboxylic acids is 3. The van der Waals surface area contributed by atoms with Crippen molar-refractivity contribution >= 4 is 17.3 Å². The first kappa shape index (κ1) is 30.0. The number of hydrogen-bond donors (Lipinski definition) is 5. The number of benzene rings is 1. The monoisotopic (exact) mass is 554 g/mol. The Morgan fingerprint density at radius 3 is 2.17 bits per heavy atom. The van der Waals surface area contributed by atoms with Gasteiger partial charge in [0, 0.05) is 16.7 Å². The van der Waals surface area contributed by atoms with Gasteiger partial charge in [-0.25, -0.2) is 0 Å². The number of Topliss-reactive ketones (excluding diaryl/α,β-unsaturated/α-hetero) is 3. The molecule has 3 aliphatic carbocycles. The van der Waals surface area contributed by atoms with Gasteiger partial charge in [0.2, 0.25) is 5.78 Å². The van der Waals surface area contributed by atoms with Gasteiger partial charge in [-0.2, -0.15) is 0 Å². The van der Waals surface area contributed by atoms with Crippen LogP contribution in [-0.4, -0.2) is 54.6 Å². The zero-order chi connectivity index (χ0) is 30.3. The van der Waals surface area contributed by atoms with Gasteiger partial charge in [0.25, 0.3) is 0 Å². The second-order valence-corrected chi connectivity index (χ2v) is 13.1. The van der Waals surface area contributed by atoms with Crippen molar-refractivity contribution in [3.8, 4) is 5.75 Å². The fraction of sp³-hybridized carbons (Fsp3) is 0.594. The van der Waals surface area contributed by atoms with Crippen molar-refractivity contribution in [3.05, 3.63) is 51.5 Å². The molecule has 1 aromatic carbocycles. The van der Waals surface area contributed by atoms with Crippen LogP contribution in [0.25, 0.3) is 0 Å². The number of ketones is 3. The summed E-state index contributed by atoms with van der Waals surface area (Å²) in [4.78, 5) is 40.5. The highest BCUT2D eigenvalue weighted by Gasteiger charge is 2.76. The normalized spacial score (nSPS) is 33.9. The van der Waals surface area contributed by atoms with Gasteiger partial charge in [0.05, 0.1) is 17.2 Å².